The summed E-state index contributed by atoms with van der Waals surface area (Å²) in [6.45, 7) is 2.86. The van der Waals surface area contributed by atoms with Crippen molar-refractivity contribution in [1.29, 1.82) is 0 Å². The number of nitrogens with one attached hydrogen (secondary N) is 1. The molecule has 0 spiro atoms. The van der Waals surface area contributed by atoms with Gasteiger partial charge in [-0.3, -0.25) is 4.68 Å². The standard InChI is InChI=1S/C13H22N4O2/c1-16-12(5-6-15-16)8-14-13(18)17-7-3-4-11(9-17)10-19-2/h5-6,11H,3-4,7-10H2,1-2H3,(H,14,18). The highest BCUT2D eigenvalue weighted by Crippen LogP contribution is 2.16. The number of amides is 2. The SMILES string of the molecule is COCC1CCCN(C(=O)NCc2ccnn2C)C1. The minimum absolute atomic E-state index is 0.00185. The van der Waals surface area contributed by atoms with E-state index in [4.69, 9.17) is 4.74 Å². The van der Waals surface area contributed by atoms with Crippen molar-refractivity contribution in [2.45, 2.75) is 19.4 Å². The molecule has 6 heteroatoms. The molecule has 1 atom stereocenters. The molecule has 6 nitrogen and oxygen atoms in total. The number of piperidine rings is 1. The van der Waals surface area contributed by atoms with Crippen molar-refractivity contribution in [1.82, 2.24) is 20.0 Å². The molecule has 1 fully saturated rings. The average Bonchev–Trinajstić information content (AvgIpc) is 2.82. The maximum Gasteiger partial charge on any atom is 0.317 e. The Labute approximate surface area is 113 Å². The number of likely N-dealkylation sites (tertiary alicyclic amines) is 1. The summed E-state index contributed by atoms with van der Waals surface area (Å²) in [5.74, 6) is 0.459. The Morgan fingerprint density at radius 2 is 2.47 bits per heavy atom. The third-order valence-electron chi connectivity index (χ3n) is 3.55. The molecule has 2 amide bonds. The molecule has 0 aliphatic carbocycles. The Morgan fingerprint density at radius 3 is 3.16 bits per heavy atom. The van der Waals surface area contributed by atoms with Crippen LogP contribution in [0.2, 0.25) is 0 Å². The van der Waals surface area contributed by atoms with E-state index in [2.05, 4.69) is 10.4 Å². The van der Waals surface area contributed by atoms with E-state index >= 15 is 0 Å². The summed E-state index contributed by atoms with van der Waals surface area (Å²) in [7, 11) is 3.58. The van der Waals surface area contributed by atoms with Crippen LogP contribution in [0, 0.1) is 5.92 Å². The van der Waals surface area contributed by atoms with E-state index < -0.39 is 0 Å². The lowest BCUT2D eigenvalue weighted by Crippen LogP contribution is -2.46. The van der Waals surface area contributed by atoms with Gasteiger partial charge in [-0.25, -0.2) is 4.79 Å². The number of hydrogen-bond acceptors (Lipinski definition) is 3. The molecule has 0 saturated carbocycles. The molecule has 1 aliphatic rings. The van der Waals surface area contributed by atoms with Crippen molar-refractivity contribution >= 4 is 6.03 Å². The highest BCUT2D eigenvalue weighted by Gasteiger charge is 2.23. The number of aryl methyl sites for hydroxylation is 1. The summed E-state index contributed by atoms with van der Waals surface area (Å²) in [5.41, 5.74) is 0.999. The number of hydrogen-bond donors (Lipinski definition) is 1. The van der Waals surface area contributed by atoms with Crippen LogP contribution < -0.4 is 5.32 Å². The monoisotopic (exact) mass is 266 g/mol. The van der Waals surface area contributed by atoms with Crippen LogP contribution in [0.4, 0.5) is 4.79 Å². The maximum absolute atomic E-state index is 12.1. The Morgan fingerprint density at radius 1 is 1.63 bits per heavy atom. The predicted molar refractivity (Wildman–Crippen MR) is 71.6 cm³/mol. The molecule has 2 rings (SSSR count). The Balaban J connectivity index is 1.81. The number of nitrogens with zero attached hydrogens (tertiary/aromatic N) is 3. The third-order valence-corrected chi connectivity index (χ3v) is 3.55. The van der Waals surface area contributed by atoms with Crippen molar-refractivity contribution in [2.75, 3.05) is 26.8 Å². The number of methoxy groups -OCH3 is 1. The van der Waals surface area contributed by atoms with Gasteiger partial charge in [-0.2, -0.15) is 5.10 Å². The molecule has 2 heterocycles. The molecule has 1 aliphatic heterocycles. The van der Waals surface area contributed by atoms with Crippen LogP contribution in [0.25, 0.3) is 0 Å². The van der Waals surface area contributed by atoms with Crippen molar-refractivity contribution in [3.8, 4) is 0 Å². The van der Waals surface area contributed by atoms with Gasteiger partial charge in [-0.15, -0.1) is 0 Å². The zero-order valence-corrected chi connectivity index (χ0v) is 11.6. The van der Waals surface area contributed by atoms with E-state index in [0.29, 0.717) is 12.5 Å². The quantitative estimate of drug-likeness (QED) is 0.884. The van der Waals surface area contributed by atoms with Crippen LogP contribution >= 0.6 is 0 Å². The molecule has 19 heavy (non-hydrogen) atoms. The Kier molecular flexibility index (Phi) is 4.79. The van der Waals surface area contributed by atoms with E-state index in [0.717, 1.165) is 38.2 Å². The minimum Gasteiger partial charge on any atom is -0.384 e. The average molecular weight is 266 g/mol. The molecule has 1 N–H and O–H groups in total. The van der Waals surface area contributed by atoms with E-state index in [1.54, 1.807) is 18.0 Å². The van der Waals surface area contributed by atoms with Crippen LogP contribution in [-0.4, -0.2) is 47.5 Å². The number of rotatable bonds is 4. The molecule has 1 saturated heterocycles. The topological polar surface area (TPSA) is 59.4 Å². The van der Waals surface area contributed by atoms with Gasteiger partial charge >= 0.3 is 6.03 Å². The lowest BCUT2D eigenvalue weighted by atomic mass is 9.99. The Hall–Kier alpha value is -1.56. The lowest BCUT2D eigenvalue weighted by Gasteiger charge is -2.32. The summed E-state index contributed by atoms with van der Waals surface area (Å²) >= 11 is 0. The normalized spacial score (nSPS) is 19.5. The predicted octanol–water partition coefficient (Wildman–Crippen LogP) is 0.988. The van der Waals surface area contributed by atoms with E-state index in [9.17, 15) is 4.79 Å². The van der Waals surface area contributed by atoms with Gasteiger partial charge in [0.25, 0.3) is 0 Å². The van der Waals surface area contributed by atoms with Crippen molar-refractivity contribution in [3.63, 3.8) is 0 Å². The summed E-state index contributed by atoms with van der Waals surface area (Å²) in [5, 5.41) is 7.02. The van der Waals surface area contributed by atoms with E-state index in [1.165, 1.54) is 0 Å². The number of urea groups is 1. The number of carbonyl (C=O) groups is 1. The molecular weight excluding hydrogens is 244 g/mol. The first-order valence-electron chi connectivity index (χ1n) is 6.69. The molecule has 106 valence electrons. The van der Waals surface area contributed by atoms with Gasteiger partial charge < -0.3 is 15.0 Å². The number of aromatic nitrogens is 2. The van der Waals surface area contributed by atoms with Gasteiger partial charge in [-0.05, 0) is 18.9 Å². The summed E-state index contributed by atoms with van der Waals surface area (Å²) in [4.78, 5) is 14.0. The second-order valence-corrected chi connectivity index (χ2v) is 5.01. The van der Waals surface area contributed by atoms with Gasteiger partial charge in [0.05, 0.1) is 18.8 Å². The smallest absolute Gasteiger partial charge is 0.317 e. The first-order valence-corrected chi connectivity index (χ1v) is 6.69. The fraction of sp³-hybridized carbons (Fsp3) is 0.692. The van der Waals surface area contributed by atoms with Crippen LogP contribution in [0.3, 0.4) is 0 Å². The fourth-order valence-corrected chi connectivity index (χ4v) is 2.47. The maximum atomic E-state index is 12.1. The highest BCUT2D eigenvalue weighted by atomic mass is 16.5. The third kappa shape index (κ3) is 3.70. The van der Waals surface area contributed by atoms with Crippen LogP contribution in [0.5, 0.6) is 0 Å². The zero-order chi connectivity index (χ0) is 13.7. The molecule has 0 radical (unpaired) electrons. The second-order valence-electron chi connectivity index (χ2n) is 5.01. The fourth-order valence-electron chi connectivity index (χ4n) is 2.47. The van der Waals surface area contributed by atoms with Gasteiger partial charge in [0, 0.05) is 39.4 Å². The summed E-state index contributed by atoms with van der Waals surface area (Å²) in [6.07, 6.45) is 3.92. The summed E-state index contributed by atoms with van der Waals surface area (Å²) in [6, 6.07) is 1.91. The van der Waals surface area contributed by atoms with Crippen LogP contribution in [0.1, 0.15) is 18.5 Å². The lowest BCUT2D eigenvalue weighted by molar-refractivity contribution is 0.100. The van der Waals surface area contributed by atoms with Gasteiger partial charge in [-0.1, -0.05) is 0 Å². The first-order chi connectivity index (χ1) is 9.20. The van der Waals surface area contributed by atoms with Crippen LogP contribution in [0.15, 0.2) is 12.3 Å². The molecule has 0 bridgehead atoms. The van der Waals surface area contributed by atoms with Gasteiger partial charge in [0.15, 0.2) is 0 Å². The second kappa shape index (κ2) is 6.56. The van der Waals surface area contributed by atoms with E-state index in [-0.39, 0.29) is 6.03 Å². The summed E-state index contributed by atoms with van der Waals surface area (Å²) < 4.78 is 6.94. The number of carbonyl (C=O) groups excluding carboxylic acids is 1. The van der Waals surface area contributed by atoms with Gasteiger partial charge in [0.2, 0.25) is 0 Å². The Bertz CT molecular complexity index is 417. The molecule has 0 aromatic carbocycles. The largest absolute Gasteiger partial charge is 0.384 e. The van der Waals surface area contributed by atoms with Crippen molar-refractivity contribution in [3.05, 3.63) is 18.0 Å². The molecule has 1 aromatic rings. The molecule has 1 unspecified atom stereocenters. The molecular formula is C13H22N4O2. The highest BCUT2D eigenvalue weighted by molar-refractivity contribution is 5.74. The zero-order valence-electron chi connectivity index (χ0n) is 11.6. The number of ether oxygens (including phenoxy) is 1. The van der Waals surface area contributed by atoms with Crippen molar-refractivity contribution in [2.24, 2.45) is 13.0 Å². The first kappa shape index (κ1) is 13.9. The molecule has 1 aromatic heterocycles. The van der Waals surface area contributed by atoms with Crippen LogP contribution in [-0.2, 0) is 18.3 Å². The van der Waals surface area contributed by atoms with Gasteiger partial charge in [0.1, 0.15) is 0 Å². The minimum atomic E-state index is 0.00185. The van der Waals surface area contributed by atoms with Crippen molar-refractivity contribution < 1.29 is 9.53 Å². The van der Waals surface area contributed by atoms with E-state index in [1.807, 2.05) is 18.0 Å².